The number of aryl methyl sites for hydroxylation is 1. The van der Waals surface area contributed by atoms with Crippen molar-refractivity contribution < 1.29 is 13.5 Å². The van der Waals surface area contributed by atoms with Crippen molar-refractivity contribution in [2.24, 2.45) is 7.05 Å². The molecule has 96 valence electrons. The van der Waals surface area contributed by atoms with Crippen molar-refractivity contribution >= 4 is 10.0 Å². The fourth-order valence-electron chi connectivity index (χ4n) is 2.04. The van der Waals surface area contributed by atoms with Crippen LogP contribution in [0.3, 0.4) is 0 Å². The summed E-state index contributed by atoms with van der Waals surface area (Å²) in [6.07, 6.45) is 5.49. The first-order valence-electron chi connectivity index (χ1n) is 5.67. The second-order valence-corrected chi connectivity index (χ2v) is 6.12. The van der Waals surface area contributed by atoms with Gasteiger partial charge in [0.25, 0.3) is 10.0 Å². The van der Waals surface area contributed by atoms with Crippen LogP contribution < -0.4 is 4.72 Å². The van der Waals surface area contributed by atoms with Gasteiger partial charge in [-0.2, -0.15) is 0 Å². The molecule has 0 unspecified atom stereocenters. The van der Waals surface area contributed by atoms with Gasteiger partial charge in [0.05, 0.1) is 12.4 Å². The molecule has 0 bridgehead atoms. The Morgan fingerprint density at radius 2 is 2.18 bits per heavy atom. The highest BCUT2D eigenvalue weighted by molar-refractivity contribution is 7.89. The molecular weight excluding hydrogens is 242 g/mol. The molecule has 2 N–H and O–H groups in total. The normalized spacial score (nSPS) is 26.0. The first-order chi connectivity index (χ1) is 7.99. The standard InChI is InChI=1S/C10H17N3O3S/c1-13-6-10(11-7-13)17(15,16)12-8-4-2-3-5-9(8)14/h6-9,12,14H,2-5H2,1H3/t8-,9-/m0/s1. The van der Waals surface area contributed by atoms with Gasteiger partial charge in [-0.3, -0.25) is 0 Å². The average molecular weight is 259 g/mol. The molecule has 1 aromatic heterocycles. The van der Waals surface area contributed by atoms with Crippen LogP contribution in [0, 0.1) is 0 Å². The summed E-state index contributed by atoms with van der Waals surface area (Å²) in [5, 5.41) is 9.73. The maximum Gasteiger partial charge on any atom is 0.259 e. The van der Waals surface area contributed by atoms with E-state index >= 15 is 0 Å². The third-order valence-corrected chi connectivity index (χ3v) is 4.37. The molecule has 1 heterocycles. The van der Waals surface area contributed by atoms with Gasteiger partial charge in [0.2, 0.25) is 0 Å². The van der Waals surface area contributed by atoms with Gasteiger partial charge < -0.3 is 9.67 Å². The molecule has 1 aromatic rings. The number of nitrogens with one attached hydrogen (secondary N) is 1. The zero-order chi connectivity index (χ0) is 12.5. The molecule has 1 saturated carbocycles. The summed E-state index contributed by atoms with van der Waals surface area (Å²) < 4.78 is 28.0. The van der Waals surface area contributed by atoms with Gasteiger partial charge in [0, 0.05) is 19.3 Å². The lowest BCUT2D eigenvalue weighted by molar-refractivity contribution is 0.101. The first kappa shape index (κ1) is 12.5. The van der Waals surface area contributed by atoms with E-state index in [9.17, 15) is 13.5 Å². The molecule has 6 nitrogen and oxygen atoms in total. The largest absolute Gasteiger partial charge is 0.391 e. The van der Waals surface area contributed by atoms with Crippen LogP contribution >= 0.6 is 0 Å². The molecule has 0 spiro atoms. The number of aliphatic hydroxyl groups is 1. The van der Waals surface area contributed by atoms with Gasteiger partial charge in [0.15, 0.2) is 5.03 Å². The highest BCUT2D eigenvalue weighted by atomic mass is 32.2. The Labute approximate surface area is 101 Å². The third kappa shape index (κ3) is 2.85. The number of aliphatic hydroxyl groups excluding tert-OH is 1. The van der Waals surface area contributed by atoms with Gasteiger partial charge in [-0.15, -0.1) is 0 Å². The van der Waals surface area contributed by atoms with Gasteiger partial charge >= 0.3 is 0 Å². The monoisotopic (exact) mass is 259 g/mol. The van der Waals surface area contributed by atoms with Gasteiger partial charge in [-0.05, 0) is 12.8 Å². The quantitative estimate of drug-likeness (QED) is 0.800. The van der Waals surface area contributed by atoms with E-state index in [0.29, 0.717) is 12.8 Å². The Hall–Kier alpha value is -0.920. The molecule has 0 aromatic carbocycles. The van der Waals surface area contributed by atoms with E-state index in [1.54, 1.807) is 11.6 Å². The molecular formula is C10H17N3O3S. The maximum atomic E-state index is 12.0. The molecule has 0 aliphatic heterocycles. The highest BCUT2D eigenvalue weighted by Gasteiger charge is 2.28. The van der Waals surface area contributed by atoms with E-state index in [1.165, 1.54) is 12.5 Å². The SMILES string of the molecule is Cn1cnc(S(=O)(=O)N[C@H]2CCCC[C@@H]2O)c1. The zero-order valence-corrected chi connectivity index (χ0v) is 10.5. The molecule has 17 heavy (non-hydrogen) atoms. The number of aromatic nitrogens is 2. The van der Waals surface area contributed by atoms with Crippen molar-refractivity contribution in [1.82, 2.24) is 14.3 Å². The van der Waals surface area contributed by atoms with Gasteiger partial charge in [0.1, 0.15) is 0 Å². The number of hydrogen-bond donors (Lipinski definition) is 2. The van der Waals surface area contributed by atoms with Crippen molar-refractivity contribution in [3.63, 3.8) is 0 Å². The summed E-state index contributed by atoms with van der Waals surface area (Å²) in [6.45, 7) is 0. The van der Waals surface area contributed by atoms with E-state index in [-0.39, 0.29) is 5.03 Å². The first-order valence-corrected chi connectivity index (χ1v) is 7.16. The molecule has 1 aliphatic carbocycles. The van der Waals surface area contributed by atoms with E-state index in [1.807, 2.05) is 0 Å². The summed E-state index contributed by atoms with van der Waals surface area (Å²) in [6, 6.07) is -0.393. The van der Waals surface area contributed by atoms with Gasteiger partial charge in [-0.25, -0.2) is 18.1 Å². The molecule has 2 rings (SSSR count). The van der Waals surface area contributed by atoms with Crippen LogP contribution in [0.2, 0.25) is 0 Å². The third-order valence-electron chi connectivity index (χ3n) is 2.99. The van der Waals surface area contributed by atoms with Crippen molar-refractivity contribution in [1.29, 1.82) is 0 Å². The minimum absolute atomic E-state index is 0.00206. The van der Waals surface area contributed by atoms with Crippen molar-refractivity contribution in [3.8, 4) is 0 Å². The van der Waals surface area contributed by atoms with Crippen molar-refractivity contribution in [3.05, 3.63) is 12.5 Å². The summed E-state index contributed by atoms with van der Waals surface area (Å²) in [5.41, 5.74) is 0. The Bertz CT molecular complexity index is 483. The molecule has 0 amide bonds. The number of sulfonamides is 1. The van der Waals surface area contributed by atoms with Crippen molar-refractivity contribution in [2.75, 3.05) is 0 Å². The predicted molar refractivity (Wildman–Crippen MR) is 61.8 cm³/mol. The van der Waals surface area contributed by atoms with E-state index in [4.69, 9.17) is 0 Å². The summed E-state index contributed by atoms with van der Waals surface area (Å²) in [7, 11) is -1.90. The topological polar surface area (TPSA) is 84.2 Å². The molecule has 1 fully saturated rings. The summed E-state index contributed by atoms with van der Waals surface area (Å²) in [5.74, 6) is 0. The predicted octanol–water partition coefficient (Wildman–Crippen LogP) is 0.00190. The lowest BCUT2D eigenvalue weighted by Gasteiger charge is -2.27. The number of imidazole rings is 1. The Balaban J connectivity index is 2.11. The van der Waals surface area contributed by atoms with Gasteiger partial charge in [-0.1, -0.05) is 12.8 Å². The maximum absolute atomic E-state index is 12.0. The van der Waals surface area contributed by atoms with Crippen LogP contribution in [0.25, 0.3) is 0 Å². The molecule has 0 saturated heterocycles. The van der Waals surface area contributed by atoms with Crippen LogP contribution in [0.15, 0.2) is 17.6 Å². The fourth-order valence-corrected chi connectivity index (χ4v) is 3.32. The average Bonchev–Trinajstić information content (AvgIpc) is 2.69. The summed E-state index contributed by atoms with van der Waals surface area (Å²) >= 11 is 0. The second kappa shape index (κ2) is 4.75. The van der Waals surface area contributed by atoms with E-state index < -0.39 is 22.2 Å². The molecule has 7 heteroatoms. The van der Waals surface area contributed by atoms with E-state index in [0.717, 1.165) is 12.8 Å². The minimum Gasteiger partial charge on any atom is -0.391 e. The zero-order valence-electron chi connectivity index (χ0n) is 9.70. The Morgan fingerprint density at radius 1 is 1.47 bits per heavy atom. The summed E-state index contributed by atoms with van der Waals surface area (Å²) in [4.78, 5) is 3.81. The molecule has 0 radical (unpaired) electrons. The van der Waals surface area contributed by atoms with Crippen LogP contribution in [-0.2, 0) is 17.1 Å². The number of hydrogen-bond acceptors (Lipinski definition) is 4. The highest BCUT2D eigenvalue weighted by Crippen LogP contribution is 2.20. The molecule has 1 aliphatic rings. The van der Waals surface area contributed by atoms with Crippen LogP contribution in [-0.4, -0.2) is 35.2 Å². The van der Waals surface area contributed by atoms with Crippen molar-refractivity contribution in [2.45, 2.75) is 42.9 Å². The Morgan fingerprint density at radius 3 is 2.76 bits per heavy atom. The lowest BCUT2D eigenvalue weighted by atomic mass is 9.93. The minimum atomic E-state index is -3.61. The van der Waals surface area contributed by atoms with Crippen LogP contribution in [0.5, 0.6) is 0 Å². The van der Waals surface area contributed by atoms with Crippen LogP contribution in [0.4, 0.5) is 0 Å². The van der Waals surface area contributed by atoms with E-state index in [2.05, 4.69) is 9.71 Å². The Kier molecular flexibility index (Phi) is 3.50. The second-order valence-electron chi connectivity index (χ2n) is 4.46. The smallest absolute Gasteiger partial charge is 0.259 e. The number of rotatable bonds is 3. The molecule has 2 atom stereocenters. The fraction of sp³-hybridized carbons (Fsp3) is 0.700. The van der Waals surface area contributed by atoms with Crippen LogP contribution in [0.1, 0.15) is 25.7 Å². The lowest BCUT2D eigenvalue weighted by Crippen LogP contribution is -2.45. The number of nitrogens with zero attached hydrogens (tertiary/aromatic N) is 2.